The smallest absolute Gasteiger partial charge is 0.266 e. The first-order valence-corrected chi connectivity index (χ1v) is 10.4. The van der Waals surface area contributed by atoms with E-state index in [2.05, 4.69) is 9.97 Å². The number of nitrogens with zero attached hydrogens (tertiary/aromatic N) is 3. The van der Waals surface area contributed by atoms with Crippen LogP contribution in [0.3, 0.4) is 0 Å². The van der Waals surface area contributed by atoms with Crippen LogP contribution in [0.15, 0.2) is 34.9 Å². The second-order valence-electron chi connectivity index (χ2n) is 6.95. The fourth-order valence-electron chi connectivity index (χ4n) is 3.58. The molecule has 1 aliphatic rings. The summed E-state index contributed by atoms with van der Waals surface area (Å²) >= 11 is 7.29. The molecular weight excluding hydrogens is 396 g/mol. The largest absolute Gasteiger partial charge is 0.443 e. The molecule has 1 amide bonds. The number of amides is 1. The number of hydrogen-bond acceptors (Lipinski definition) is 6. The van der Waals surface area contributed by atoms with Gasteiger partial charge in [0, 0.05) is 18.0 Å². The Kier molecular flexibility index (Phi) is 5.37. The van der Waals surface area contributed by atoms with Gasteiger partial charge in [0.15, 0.2) is 5.13 Å². The lowest BCUT2D eigenvalue weighted by Gasteiger charge is -2.33. The molecule has 0 radical (unpaired) electrons. The quantitative estimate of drug-likeness (QED) is 0.669. The first-order valence-electron chi connectivity index (χ1n) is 9.24. The molecule has 0 spiro atoms. The number of carbonyl (C=O) groups excluding carboxylic acids is 1. The number of nitrogen functional groups attached to an aromatic ring is 1. The Morgan fingerprint density at radius 2 is 2.29 bits per heavy atom. The van der Waals surface area contributed by atoms with Gasteiger partial charge >= 0.3 is 0 Å². The predicted octanol–water partition coefficient (Wildman–Crippen LogP) is 4.63. The van der Waals surface area contributed by atoms with Crippen LogP contribution >= 0.6 is 22.9 Å². The number of piperidine rings is 1. The maximum absolute atomic E-state index is 13.1. The minimum Gasteiger partial charge on any atom is -0.443 e. The molecule has 0 aliphatic carbocycles. The lowest BCUT2D eigenvalue weighted by Crippen LogP contribution is -2.38. The number of aryl methyl sites for hydroxylation is 1. The van der Waals surface area contributed by atoms with Crippen molar-refractivity contribution in [1.29, 1.82) is 0 Å². The van der Waals surface area contributed by atoms with Crippen LogP contribution in [-0.4, -0.2) is 27.3 Å². The van der Waals surface area contributed by atoms with Crippen molar-refractivity contribution in [2.45, 2.75) is 38.6 Å². The second-order valence-corrected chi connectivity index (χ2v) is 8.42. The van der Waals surface area contributed by atoms with Gasteiger partial charge in [-0.3, -0.25) is 4.79 Å². The Bertz CT molecular complexity index is 1000. The van der Waals surface area contributed by atoms with E-state index in [-0.39, 0.29) is 11.9 Å². The molecule has 8 heteroatoms. The van der Waals surface area contributed by atoms with Crippen molar-refractivity contribution in [2.75, 3.05) is 12.3 Å². The molecule has 1 atom stereocenters. The van der Waals surface area contributed by atoms with Gasteiger partial charge in [0.05, 0.1) is 11.9 Å². The highest BCUT2D eigenvalue weighted by Crippen LogP contribution is 2.34. The third-order valence-electron chi connectivity index (χ3n) is 4.89. The summed E-state index contributed by atoms with van der Waals surface area (Å²) in [5.74, 6) is 1.29. The van der Waals surface area contributed by atoms with Gasteiger partial charge in [-0.15, -0.1) is 0 Å². The summed E-state index contributed by atoms with van der Waals surface area (Å²) in [4.78, 5) is 24.2. The Hall–Kier alpha value is -2.38. The van der Waals surface area contributed by atoms with E-state index in [0.29, 0.717) is 39.6 Å². The van der Waals surface area contributed by atoms with Gasteiger partial charge in [0.25, 0.3) is 5.91 Å². The molecule has 28 heavy (non-hydrogen) atoms. The number of nitrogens with two attached hydrogens (primary N) is 1. The second kappa shape index (κ2) is 7.93. The van der Waals surface area contributed by atoms with Gasteiger partial charge in [0.1, 0.15) is 16.7 Å². The third kappa shape index (κ3) is 3.91. The van der Waals surface area contributed by atoms with Crippen LogP contribution in [-0.2, 0) is 6.42 Å². The molecule has 3 aromatic rings. The van der Waals surface area contributed by atoms with Crippen LogP contribution in [0.1, 0.15) is 57.9 Å². The first kappa shape index (κ1) is 19.0. The Balaban J connectivity index is 1.56. The number of aromatic nitrogens is 2. The summed E-state index contributed by atoms with van der Waals surface area (Å²) in [5.41, 5.74) is 7.51. The molecule has 3 heterocycles. The number of halogens is 1. The van der Waals surface area contributed by atoms with Gasteiger partial charge in [-0.25, -0.2) is 9.97 Å². The van der Waals surface area contributed by atoms with Crippen LogP contribution in [0.4, 0.5) is 5.13 Å². The highest BCUT2D eigenvalue weighted by atomic mass is 35.5. The summed E-state index contributed by atoms with van der Waals surface area (Å²) in [7, 11) is 0. The molecule has 1 fully saturated rings. The molecule has 0 bridgehead atoms. The maximum atomic E-state index is 13.1. The SMILES string of the molecule is Cc1nc(N)sc1C(=O)N1CCCC[C@H]1c1ncc(Cc2cccc(Cl)c2)o1. The summed E-state index contributed by atoms with van der Waals surface area (Å²) in [6.07, 6.45) is 5.17. The number of carbonyl (C=O) groups is 1. The van der Waals surface area contributed by atoms with Crippen LogP contribution in [0, 0.1) is 6.92 Å². The van der Waals surface area contributed by atoms with Crippen LogP contribution in [0.5, 0.6) is 0 Å². The van der Waals surface area contributed by atoms with E-state index < -0.39 is 0 Å². The predicted molar refractivity (Wildman–Crippen MR) is 110 cm³/mol. The minimum absolute atomic E-state index is 0.0500. The van der Waals surface area contributed by atoms with Crippen molar-refractivity contribution in [3.05, 3.63) is 63.3 Å². The van der Waals surface area contributed by atoms with Crippen molar-refractivity contribution in [2.24, 2.45) is 0 Å². The fourth-order valence-corrected chi connectivity index (χ4v) is 4.59. The van der Waals surface area contributed by atoms with Gasteiger partial charge in [-0.1, -0.05) is 35.1 Å². The Morgan fingerprint density at radius 3 is 3.04 bits per heavy atom. The molecule has 1 saturated heterocycles. The molecule has 2 N–H and O–H groups in total. The molecule has 0 saturated carbocycles. The summed E-state index contributed by atoms with van der Waals surface area (Å²) < 4.78 is 6.03. The molecule has 1 aromatic carbocycles. The topological polar surface area (TPSA) is 85.2 Å². The maximum Gasteiger partial charge on any atom is 0.266 e. The zero-order valence-corrected chi connectivity index (χ0v) is 17.1. The number of oxazole rings is 1. The van der Waals surface area contributed by atoms with Gasteiger partial charge in [-0.2, -0.15) is 0 Å². The van der Waals surface area contributed by atoms with Gasteiger partial charge in [-0.05, 0) is 43.9 Å². The van der Waals surface area contributed by atoms with E-state index in [1.807, 2.05) is 36.1 Å². The minimum atomic E-state index is -0.169. The van der Waals surface area contributed by atoms with Crippen molar-refractivity contribution in [3.63, 3.8) is 0 Å². The highest BCUT2D eigenvalue weighted by molar-refractivity contribution is 7.17. The zero-order chi connectivity index (χ0) is 19.7. The van der Waals surface area contributed by atoms with Crippen LogP contribution in [0.2, 0.25) is 5.02 Å². The van der Waals surface area contributed by atoms with Gasteiger partial charge in [0.2, 0.25) is 5.89 Å². The van der Waals surface area contributed by atoms with Crippen molar-refractivity contribution >= 4 is 34.0 Å². The van der Waals surface area contributed by atoms with Crippen LogP contribution < -0.4 is 5.73 Å². The summed E-state index contributed by atoms with van der Waals surface area (Å²) in [6.45, 7) is 2.49. The third-order valence-corrected chi connectivity index (χ3v) is 6.10. The molecular formula is C20H21ClN4O2S. The Labute approximate surface area is 172 Å². The average Bonchev–Trinajstić information content (AvgIpc) is 3.27. The number of rotatable bonds is 4. The zero-order valence-electron chi connectivity index (χ0n) is 15.5. The van der Waals surface area contributed by atoms with Crippen molar-refractivity contribution in [1.82, 2.24) is 14.9 Å². The highest BCUT2D eigenvalue weighted by Gasteiger charge is 2.33. The summed E-state index contributed by atoms with van der Waals surface area (Å²) in [5, 5.41) is 1.11. The number of anilines is 1. The van der Waals surface area contributed by atoms with E-state index in [0.717, 1.165) is 30.6 Å². The molecule has 146 valence electrons. The average molecular weight is 417 g/mol. The summed E-state index contributed by atoms with van der Waals surface area (Å²) in [6, 6.07) is 7.51. The molecule has 4 rings (SSSR count). The van der Waals surface area contributed by atoms with Crippen molar-refractivity contribution in [3.8, 4) is 0 Å². The normalized spacial score (nSPS) is 17.1. The Morgan fingerprint density at radius 1 is 1.43 bits per heavy atom. The molecule has 1 aliphatic heterocycles. The fraction of sp³-hybridized carbons (Fsp3) is 0.350. The van der Waals surface area contributed by atoms with E-state index in [9.17, 15) is 4.79 Å². The van der Waals surface area contributed by atoms with Crippen LogP contribution in [0.25, 0.3) is 0 Å². The van der Waals surface area contributed by atoms with E-state index >= 15 is 0 Å². The number of hydrogen-bond donors (Lipinski definition) is 1. The van der Waals surface area contributed by atoms with E-state index in [1.165, 1.54) is 11.3 Å². The van der Waals surface area contributed by atoms with Crippen molar-refractivity contribution < 1.29 is 9.21 Å². The number of likely N-dealkylation sites (tertiary alicyclic amines) is 1. The number of benzene rings is 1. The number of thiazole rings is 1. The molecule has 0 unspecified atom stereocenters. The molecule has 6 nitrogen and oxygen atoms in total. The monoisotopic (exact) mass is 416 g/mol. The first-order chi connectivity index (χ1) is 13.5. The standard InChI is InChI=1S/C20H21ClN4O2S/c1-12-17(28-20(22)24-12)19(26)25-8-3-2-7-16(25)18-23-11-15(27-18)10-13-5-4-6-14(21)9-13/h4-6,9,11,16H,2-3,7-8,10H2,1H3,(H2,22,24)/t16-/m0/s1. The molecule has 2 aromatic heterocycles. The lowest BCUT2D eigenvalue weighted by atomic mass is 10.0. The van der Waals surface area contributed by atoms with E-state index in [4.69, 9.17) is 21.8 Å². The van der Waals surface area contributed by atoms with Gasteiger partial charge < -0.3 is 15.1 Å². The van der Waals surface area contributed by atoms with E-state index in [1.54, 1.807) is 6.20 Å². The lowest BCUT2D eigenvalue weighted by molar-refractivity contribution is 0.0574.